The van der Waals surface area contributed by atoms with Crippen molar-refractivity contribution in [1.82, 2.24) is 0 Å². The van der Waals surface area contributed by atoms with E-state index < -0.39 is 36.5 Å². The Labute approximate surface area is 222 Å². The van der Waals surface area contributed by atoms with E-state index in [0.29, 0.717) is 17.7 Å². The van der Waals surface area contributed by atoms with Crippen LogP contribution in [0, 0.1) is 0 Å². The highest BCUT2D eigenvalue weighted by molar-refractivity contribution is 6.08. The highest BCUT2D eigenvalue weighted by Gasteiger charge is 2.14. The van der Waals surface area contributed by atoms with Crippen molar-refractivity contribution in [1.29, 1.82) is 0 Å². The standard InChI is InChI=1S/C25H35BN2O10/c1-15(29)35-17(3)37-24(33)9-5-7-22(31)27-20-11-19(14-26)12-21(13-20)28-23(32)8-6-10-25(34)38-18(4)36-16(2)30/h11-13,17-18H,5-10,14,26H2,1-4H3,(H,27,31)(H,28,32). The van der Waals surface area contributed by atoms with Crippen LogP contribution in [0.1, 0.15) is 71.8 Å². The van der Waals surface area contributed by atoms with E-state index in [-0.39, 0.29) is 50.3 Å². The minimum atomic E-state index is -0.996. The van der Waals surface area contributed by atoms with Gasteiger partial charge >= 0.3 is 23.9 Å². The van der Waals surface area contributed by atoms with Crippen molar-refractivity contribution in [3.05, 3.63) is 23.8 Å². The quantitative estimate of drug-likeness (QED) is 0.193. The van der Waals surface area contributed by atoms with Crippen LogP contribution < -0.4 is 10.6 Å². The first-order chi connectivity index (χ1) is 17.9. The van der Waals surface area contributed by atoms with Crippen LogP contribution in [0.4, 0.5) is 11.4 Å². The number of benzene rings is 1. The van der Waals surface area contributed by atoms with Crippen LogP contribution in [-0.4, -0.2) is 56.1 Å². The summed E-state index contributed by atoms with van der Waals surface area (Å²) in [4.78, 5) is 69.9. The maximum Gasteiger partial charge on any atom is 0.308 e. The van der Waals surface area contributed by atoms with Crippen LogP contribution >= 0.6 is 0 Å². The van der Waals surface area contributed by atoms with Gasteiger partial charge in [0.25, 0.3) is 0 Å². The van der Waals surface area contributed by atoms with E-state index in [1.807, 2.05) is 7.85 Å². The molecule has 0 heterocycles. The largest absolute Gasteiger partial charge is 0.426 e. The number of carbonyl (C=O) groups is 6. The van der Waals surface area contributed by atoms with Crippen molar-refractivity contribution in [2.45, 2.75) is 85.1 Å². The smallest absolute Gasteiger partial charge is 0.308 e. The zero-order valence-electron chi connectivity index (χ0n) is 22.4. The van der Waals surface area contributed by atoms with Gasteiger partial charge in [-0.1, -0.05) is 11.9 Å². The molecule has 0 spiro atoms. The highest BCUT2D eigenvalue weighted by Crippen LogP contribution is 2.20. The molecule has 2 unspecified atom stereocenters. The molecule has 1 rings (SSSR count). The predicted molar refractivity (Wildman–Crippen MR) is 138 cm³/mol. The maximum absolute atomic E-state index is 12.3. The summed E-state index contributed by atoms with van der Waals surface area (Å²) in [5.74, 6) is -2.95. The molecule has 0 radical (unpaired) electrons. The number of hydrogen-bond donors (Lipinski definition) is 2. The van der Waals surface area contributed by atoms with Crippen LogP contribution in [0.15, 0.2) is 18.2 Å². The average Bonchev–Trinajstić information content (AvgIpc) is 2.77. The Balaban J connectivity index is 2.51. The summed E-state index contributed by atoms with van der Waals surface area (Å²) in [6.07, 6.45) is -0.800. The van der Waals surface area contributed by atoms with Crippen molar-refractivity contribution in [2.75, 3.05) is 10.6 Å². The number of anilines is 2. The third-order valence-corrected chi connectivity index (χ3v) is 4.80. The number of esters is 4. The number of nitrogens with one attached hydrogen (secondary N) is 2. The third kappa shape index (κ3) is 14.6. The van der Waals surface area contributed by atoms with Crippen LogP contribution in [0.2, 0.25) is 0 Å². The van der Waals surface area contributed by atoms with Gasteiger partial charge < -0.3 is 29.6 Å². The lowest BCUT2D eigenvalue weighted by Gasteiger charge is -2.13. The van der Waals surface area contributed by atoms with Gasteiger partial charge in [0.2, 0.25) is 24.4 Å². The first kappa shape index (κ1) is 32.1. The Morgan fingerprint density at radius 2 is 1.08 bits per heavy atom. The Kier molecular flexibility index (Phi) is 14.2. The van der Waals surface area contributed by atoms with Gasteiger partial charge in [0.05, 0.1) is 0 Å². The van der Waals surface area contributed by atoms with Gasteiger partial charge in [0.1, 0.15) is 7.85 Å². The van der Waals surface area contributed by atoms with E-state index in [9.17, 15) is 28.8 Å². The van der Waals surface area contributed by atoms with Gasteiger partial charge in [0.15, 0.2) is 0 Å². The van der Waals surface area contributed by atoms with Crippen molar-refractivity contribution in [3.8, 4) is 0 Å². The molecule has 0 fully saturated rings. The lowest BCUT2D eigenvalue weighted by atomic mass is 9.96. The molecule has 0 aliphatic carbocycles. The Bertz CT molecular complexity index is 940. The topological polar surface area (TPSA) is 163 Å². The van der Waals surface area contributed by atoms with Crippen molar-refractivity contribution in [3.63, 3.8) is 0 Å². The second-order valence-electron chi connectivity index (χ2n) is 8.41. The van der Waals surface area contributed by atoms with Crippen LogP contribution in [0.3, 0.4) is 0 Å². The van der Waals surface area contributed by atoms with Gasteiger partial charge in [-0.25, -0.2) is 0 Å². The van der Waals surface area contributed by atoms with Gasteiger partial charge in [-0.3, -0.25) is 28.8 Å². The van der Waals surface area contributed by atoms with E-state index in [0.717, 1.165) is 5.56 Å². The monoisotopic (exact) mass is 534 g/mol. The Morgan fingerprint density at radius 3 is 1.42 bits per heavy atom. The molecule has 208 valence electrons. The molecular formula is C25H35BN2O10. The number of rotatable bonds is 15. The second kappa shape index (κ2) is 16.8. The normalized spacial score (nSPS) is 11.9. The number of ether oxygens (including phenoxy) is 4. The molecule has 0 aliphatic heterocycles. The molecule has 0 bridgehead atoms. The van der Waals surface area contributed by atoms with Gasteiger partial charge in [0, 0.05) is 64.8 Å². The first-order valence-corrected chi connectivity index (χ1v) is 12.3. The molecule has 2 amide bonds. The lowest BCUT2D eigenvalue weighted by molar-refractivity contribution is -0.184. The average molecular weight is 534 g/mol. The van der Waals surface area contributed by atoms with Crippen LogP contribution in [0.25, 0.3) is 0 Å². The van der Waals surface area contributed by atoms with Crippen LogP contribution in [-0.2, 0) is 54.0 Å². The molecule has 1 aromatic carbocycles. The van der Waals surface area contributed by atoms with Crippen molar-refractivity contribution >= 4 is 54.9 Å². The molecule has 0 aromatic heterocycles. The number of carbonyl (C=O) groups excluding carboxylic acids is 6. The Morgan fingerprint density at radius 1 is 0.684 bits per heavy atom. The summed E-state index contributed by atoms with van der Waals surface area (Å²) in [5.41, 5.74) is 1.85. The Hall–Kier alpha value is -3.90. The maximum atomic E-state index is 12.3. The summed E-state index contributed by atoms with van der Waals surface area (Å²) >= 11 is 0. The first-order valence-electron chi connectivity index (χ1n) is 12.3. The summed E-state index contributed by atoms with van der Waals surface area (Å²) in [7, 11) is 1.93. The second-order valence-corrected chi connectivity index (χ2v) is 8.41. The fourth-order valence-electron chi connectivity index (χ4n) is 3.28. The van der Waals surface area contributed by atoms with Crippen LogP contribution in [0.5, 0.6) is 0 Å². The van der Waals surface area contributed by atoms with E-state index in [2.05, 4.69) is 10.6 Å². The number of amides is 2. The van der Waals surface area contributed by atoms with Gasteiger partial charge in [-0.15, -0.1) is 0 Å². The van der Waals surface area contributed by atoms with Gasteiger partial charge in [-0.05, 0) is 31.0 Å². The van der Waals surface area contributed by atoms with Crippen molar-refractivity contribution < 1.29 is 47.7 Å². The van der Waals surface area contributed by atoms with E-state index in [4.69, 9.17) is 18.9 Å². The van der Waals surface area contributed by atoms with Crippen molar-refractivity contribution in [2.24, 2.45) is 0 Å². The molecule has 0 saturated heterocycles. The molecule has 0 saturated carbocycles. The SMILES string of the molecule is BCc1cc(NC(=O)CCCC(=O)OC(C)OC(C)=O)cc(NC(=O)CCCC(=O)OC(C)OC(C)=O)c1. The molecule has 38 heavy (non-hydrogen) atoms. The minimum Gasteiger partial charge on any atom is -0.426 e. The molecule has 0 aliphatic rings. The lowest BCUT2D eigenvalue weighted by Crippen LogP contribution is -2.20. The predicted octanol–water partition coefficient (Wildman–Crippen LogP) is 1.94. The molecule has 13 heteroatoms. The third-order valence-electron chi connectivity index (χ3n) is 4.80. The highest BCUT2D eigenvalue weighted by atomic mass is 16.7. The van der Waals surface area contributed by atoms with Gasteiger partial charge in [-0.2, -0.15) is 0 Å². The molecule has 12 nitrogen and oxygen atoms in total. The van der Waals surface area contributed by atoms with E-state index in [1.165, 1.54) is 27.7 Å². The molecule has 2 N–H and O–H groups in total. The van der Waals surface area contributed by atoms with E-state index >= 15 is 0 Å². The zero-order chi connectivity index (χ0) is 28.7. The summed E-state index contributed by atoms with van der Waals surface area (Å²) in [5, 5.41) is 5.50. The zero-order valence-corrected chi connectivity index (χ0v) is 22.4. The molecular weight excluding hydrogens is 499 g/mol. The molecule has 2 atom stereocenters. The summed E-state index contributed by atoms with van der Waals surface area (Å²) in [6.45, 7) is 5.25. The number of hydrogen-bond acceptors (Lipinski definition) is 10. The fraction of sp³-hybridized carbons (Fsp3) is 0.520. The van der Waals surface area contributed by atoms with E-state index in [1.54, 1.807) is 18.2 Å². The summed E-state index contributed by atoms with van der Waals surface area (Å²) < 4.78 is 19.3. The summed E-state index contributed by atoms with van der Waals surface area (Å²) in [6, 6.07) is 5.17. The fourth-order valence-corrected chi connectivity index (χ4v) is 3.28. The minimum absolute atomic E-state index is 0.0223. The molecule has 1 aromatic rings.